The Kier molecular flexibility index (Phi) is 3.95. The molecule has 1 N–H and O–H groups in total. The molecule has 0 aliphatic rings. The van der Waals surface area contributed by atoms with Gasteiger partial charge in [-0.2, -0.15) is 0 Å². The quantitative estimate of drug-likeness (QED) is 0.882. The third-order valence-electron chi connectivity index (χ3n) is 2.85. The Hall–Kier alpha value is -1.87. The standard InChI is InChI=1S/C15H16FNO/c1-11(17-2)15-13(16)9-6-10-14(15)18-12-7-4-3-5-8-12/h3-11,17H,1-2H3. The van der Waals surface area contributed by atoms with Gasteiger partial charge in [-0.3, -0.25) is 0 Å². The second-order valence-corrected chi connectivity index (χ2v) is 4.08. The van der Waals surface area contributed by atoms with Gasteiger partial charge in [-0.05, 0) is 38.2 Å². The lowest BCUT2D eigenvalue weighted by atomic mass is 10.1. The molecular weight excluding hydrogens is 229 g/mol. The Labute approximate surface area is 106 Å². The average Bonchev–Trinajstić information content (AvgIpc) is 2.39. The Bertz CT molecular complexity index is 513. The van der Waals surface area contributed by atoms with Crippen molar-refractivity contribution < 1.29 is 9.13 Å². The van der Waals surface area contributed by atoms with Crippen molar-refractivity contribution in [1.82, 2.24) is 5.32 Å². The van der Waals surface area contributed by atoms with E-state index in [9.17, 15) is 4.39 Å². The molecule has 3 heteroatoms. The summed E-state index contributed by atoms with van der Waals surface area (Å²) >= 11 is 0. The minimum atomic E-state index is -0.259. The topological polar surface area (TPSA) is 21.3 Å². The van der Waals surface area contributed by atoms with Gasteiger partial charge in [0, 0.05) is 11.6 Å². The van der Waals surface area contributed by atoms with Crippen LogP contribution in [0.4, 0.5) is 4.39 Å². The molecule has 1 unspecified atom stereocenters. The predicted molar refractivity (Wildman–Crippen MR) is 70.4 cm³/mol. The van der Waals surface area contributed by atoms with E-state index in [1.54, 1.807) is 19.2 Å². The molecule has 18 heavy (non-hydrogen) atoms. The fourth-order valence-corrected chi connectivity index (χ4v) is 1.79. The van der Waals surface area contributed by atoms with E-state index in [0.29, 0.717) is 17.1 Å². The van der Waals surface area contributed by atoms with Gasteiger partial charge >= 0.3 is 0 Å². The highest BCUT2D eigenvalue weighted by atomic mass is 19.1. The van der Waals surface area contributed by atoms with Crippen LogP contribution >= 0.6 is 0 Å². The molecule has 2 nitrogen and oxygen atoms in total. The monoisotopic (exact) mass is 245 g/mol. The minimum Gasteiger partial charge on any atom is -0.457 e. The SMILES string of the molecule is CNC(C)c1c(F)cccc1Oc1ccccc1. The molecule has 0 heterocycles. The van der Waals surface area contributed by atoms with Crippen LogP contribution in [0, 0.1) is 5.82 Å². The van der Waals surface area contributed by atoms with Crippen molar-refractivity contribution in [2.45, 2.75) is 13.0 Å². The molecule has 0 amide bonds. The Morgan fingerprint density at radius 3 is 2.44 bits per heavy atom. The van der Waals surface area contributed by atoms with Gasteiger partial charge in [-0.15, -0.1) is 0 Å². The molecule has 0 saturated heterocycles. The van der Waals surface area contributed by atoms with Crippen LogP contribution < -0.4 is 10.1 Å². The molecule has 0 radical (unpaired) electrons. The van der Waals surface area contributed by atoms with E-state index in [1.807, 2.05) is 37.3 Å². The second-order valence-electron chi connectivity index (χ2n) is 4.08. The number of hydrogen-bond donors (Lipinski definition) is 1. The van der Waals surface area contributed by atoms with Crippen LogP contribution in [0.3, 0.4) is 0 Å². The van der Waals surface area contributed by atoms with E-state index in [1.165, 1.54) is 6.07 Å². The van der Waals surface area contributed by atoms with Gasteiger partial charge < -0.3 is 10.1 Å². The molecule has 2 rings (SSSR count). The van der Waals surface area contributed by atoms with Crippen molar-refractivity contribution in [2.24, 2.45) is 0 Å². The largest absolute Gasteiger partial charge is 0.457 e. The van der Waals surface area contributed by atoms with Gasteiger partial charge in [-0.25, -0.2) is 4.39 Å². The average molecular weight is 245 g/mol. The Morgan fingerprint density at radius 2 is 1.78 bits per heavy atom. The van der Waals surface area contributed by atoms with Gasteiger partial charge in [0.25, 0.3) is 0 Å². The van der Waals surface area contributed by atoms with Crippen molar-refractivity contribution in [3.8, 4) is 11.5 Å². The maximum Gasteiger partial charge on any atom is 0.135 e. The number of rotatable bonds is 4. The van der Waals surface area contributed by atoms with Crippen LogP contribution in [-0.4, -0.2) is 7.05 Å². The molecule has 0 aromatic heterocycles. The smallest absolute Gasteiger partial charge is 0.135 e. The summed E-state index contributed by atoms with van der Waals surface area (Å²) in [4.78, 5) is 0. The molecule has 0 aliphatic heterocycles. The summed E-state index contributed by atoms with van der Waals surface area (Å²) in [6, 6.07) is 14.1. The summed E-state index contributed by atoms with van der Waals surface area (Å²) in [6.45, 7) is 1.90. The van der Waals surface area contributed by atoms with Crippen molar-refractivity contribution in [1.29, 1.82) is 0 Å². The molecule has 2 aromatic carbocycles. The third-order valence-corrected chi connectivity index (χ3v) is 2.85. The third kappa shape index (κ3) is 2.68. The molecule has 1 atom stereocenters. The van der Waals surface area contributed by atoms with E-state index in [-0.39, 0.29) is 11.9 Å². The first kappa shape index (κ1) is 12.6. The van der Waals surface area contributed by atoms with Crippen LogP contribution in [0.15, 0.2) is 48.5 Å². The Balaban J connectivity index is 2.36. The highest BCUT2D eigenvalue weighted by molar-refractivity contribution is 5.40. The molecule has 2 aromatic rings. The molecule has 0 saturated carbocycles. The zero-order valence-electron chi connectivity index (χ0n) is 10.5. The molecule has 0 aliphatic carbocycles. The molecule has 0 bridgehead atoms. The fraction of sp³-hybridized carbons (Fsp3) is 0.200. The molecular formula is C15H16FNO. The first-order valence-electron chi connectivity index (χ1n) is 5.91. The highest BCUT2D eigenvalue weighted by Crippen LogP contribution is 2.31. The second kappa shape index (κ2) is 5.65. The van der Waals surface area contributed by atoms with Crippen LogP contribution in [0.25, 0.3) is 0 Å². The van der Waals surface area contributed by atoms with Gasteiger partial charge in [0.1, 0.15) is 17.3 Å². The zero-order valence-corrected chi connectivity index (χ0v) is 10.5. The normalized spacial score (nSPS) is 12.2. The number of para-hydroxylation sites is 1. The van der Waals surface area contributed by atoms with Crippen LogP contribution in [0.1, 0.15) is 18.5 Å². The van der Waals surface area contributed by atoms with Crippen molar-refractivity contribution in [2.75, 3.05) is 7.05 Å². The number of benzene rings is 2. The van der Waals surface area contributed by atoms with E-state index < -0.39 is 0 Å². The van der Waals surface area contributed by atoms with Gasteiger partial charge in [0.2, 0.25) is 0 Å². The van der Waals surface area contributed by atoms with Gasteiger partial charge in [-0.1, -0.05) is 24.3 Å². The predicted octanol–water partition coefficient (Wildman–Crippen LogP) is 3.90. The molecule has 0 spiro atoms. The Morgan fingerprint density at radius 1 is 1.06 bits per heavy atom. The van der Waals surface area contributed by atoms with E-state index in [0.717, 1.165) is 0 Å². The lowest BCUT2D eigenvalue weighted by Crippen LogP contribution is -2.14. The van der Waals surface area contributed by atoms with Crippen LogP contribution in [0.5, 0.6) is 11.5 Å². The summed E-state index contributed by atoms with van der Waals surface area (Å²) in [6.07, 6.45) is 0. The van der Waals surface area contributed by atoms with Crippen LogP contribution in [0.2, 0.25) is 0 Å². The summed E-state index contributed by atoms with van der Waals surface area (Å²) in [5.74, 6) is 0.987. The molecule has 94 valence electrons. The van der Waals surface area contributed by atoms with Crippen molar-refractivity contribution in [3.05, 3.63) is 59.9 Å². The first-order chi connectivity index (χ1) is 8.72. The lowest BCUT2D eigenvalue weighted by Gasteiger charge is -2.17. The highest BCUT2D eigenvalue weighted by Gasteiger charge is 2.15. The summed E-state index contributed by atoms with van der Waals surface area (Å²) in [5.41, 5.74) is 0.545. The number of hydrogen-bond acceptors (Lipinski definition) is 2. The van der Waals surface area contributed by atoms with Crippen LogP contribution in [-0.2, 0) is 0 Å². The van der Waals surface area contributed by atoms with E-state index in [4.69, 9.17) is 4.74 Å². The minimum absolute atomic E-state index is 0.107. The van der Waals surface area contributed by atoms with E-state index in [2.05, 4.69) is 5.32 Å². The van der Waals surface area contributed by atoms with Gasteiger partial charge in [0.15, 0.2) is 0 Å². The summed E-state index contributed by atoms with van der Waals surface area (Å²) < 4.78 is 19.6. The summed E-state index contributed by atoms with van der Waals surface area (Å²) in [7, 11) is 1.80. The number of halogens is 1. The van der Waals surface area contributed by atoms with Crippen molar-refractivity contribution in [3.63, 3.8) is 0 Å². The first-order valence-corrected chi connectivity index (χ1v) is 5.91. The van der Waals surface area contributed by atoms with Crippen molar-refractivity contribution >= 4 is 0 Å². The van der Waals surface area contributed by atoms with Gasteiger partial charge in [0.05, 0.1) is 0 Å². The lowest BCUT2D eigenvalue weighted by molar-refractivity contribution is 0.452. The van der Waals surface area contributed by atoms with E-state index >= 15 is 0 Å². The number of ether oxygens (including phenoxy) is 1. The maximum atomic E-state index is 13.9. The number of nitrogens with one attached hydrogen (secondary N) is 1. The fourth-order valence-electron chi connectivity index (χ4n) is 1.79. The molecule has 0 fully saturated rings. The zero-order chi connectivity index (χ0) is 13.0. The summed E-state index contributed by atoms with van der Waals surface area (Å²) in [5, 5.41) is 3.03. The maximum absolute atomic E-state index is 13.9.